The van der Waals surface area contributed by atoms with Gasteiger partial charge in [0.15, 0.2) is 5.78 Å². The highest BCUT2D eigenvalue weighted by molar-refractivity contribution is 5.98. The maximum absolute atomic E-state index is 13.6. The molecule has 2 rings (SSSR count). The Morgan fingerprint density at radius 3 is 2.28 bits per heavy atom. The fourth-order valence-electron chi connectivity index (χ4n) is 4.59. The van der Waals surface area contributed by atoms with Crippen molar-refractivity contribution in [3.8, 4) is 5.75 Å². The Hall–Kier alpha value is -2.90. The largest absolute Gasteiger partial charge is 0.497 e. The second-order valence-corrected chi connectivity index (χ2v) is 10.9. The number of carbonyl (C=O) groups is 4. The van der Waals surface area contributed by atoms with Crippen LogP contribution in [0.4, 0.5) is 0 Å². The minimum atomic E-state index is -0.690. The average Bonchev–Trinajstić information content (AvgIpc) is 2.87. The minimum Gasteiger partial charge on any atom is -0.497 e. The highest BCUT2D eigenvalue weighted by atomic mass is 16.5. The summed E-state index contributed by atoms with van der Waals surface area (Å²) in [5.74, 6) is -0.0345. The van der Waals surface area contributed by atoms with Crippen molar-refractivity contribution in [3.63, 3.8) is 0 Å². The molecule has 1 aliphatic heterocycles. The van der Waals surface area contributed by atoms with Crippen molar-refractivity contribution in [1.29, 1.82) is 0 Å². The highest BCUT2D eigenvalue weighted by Gasteiger charge is 2.38. The van der Waals surface area contributed by atoms with Crippen LogP contribution >= 0.6 is 0 Å². The van der Waals surface area contributed by atoms with E-state index >= 15 is 0 Å². The van der Waals surface area contributed by atoms with Gasteiger partial charge in [-0.2, -0.15) is 0 Å². The van der Waals surface area contributed by atoms with Gasteiger partial charge in [-0.3, -0.25) is 19.2 Å². The molecule has 2 atom stereocenters. The first kappa shape index (κ1) is 29.3. The fourth-order valence-corrected chi connectivity index (χ4v) is 4.59. The lowest BCUT2D eigenvalue weighted by Crippen LogP contribution is -2.57. The molecule has 200 valence electrons. The quantitative estimate of drug-likeness (QED) is 0.349. The molecule has 0 spiro atoms. The van der Waals surface area contributed by atoms with Crippen LogP contribution in [0.15, 0.2) is 24.3 Å². The minimum absolute atomic E-state index is 0.0866. The number of benzene rings is 1. The molecule has 1 aromatic rings. The van der Waals surface area contributed by atoms with Crippen molar-refractivity contribution < 1.29 is 23.9 Å². The zero-order chi connectivity index (χ0) is 26.9. The van der Waals surface area contributed by atoms with Crippen LogP contribution in [0.5, 0.6) is 5.75 Å². The number of carbonyl (C=O) groups excluding carboxylic acids is 4. The molecule has 1 aliphatic rings. The van der Waals surface area contributed by atoms with Gasteiger partial charge in [-0.05, 0) is 48.9 Å². The van der Waals surface area contributed by atoms with E-state index < -0.39 is 11.5 Å². The van der Waals surface area contributed by atoms with Gasteiger partial charge in [0.05, 0.1) is 13.0 Å². The summed E-state index contributed by atoms with van der Waals surface area (Å²) < 4.78 is 5.17. The van der Waals surface area contributed by atoms with Crippen LogP contribution in [-0.2, 0) is 14.4 Å². The van der Waals surface area contributed by atoms with Gasteiger partial charge in [0, 0.05) is 38.2 Å². The normalized spacial score (nSPS) is 16.1. The van der Waals surface area contributed by atoms with Crippen molar-refractivity contribution in [1.82, 2.24) is 15.1 Å². The van der Waals surface area contributed by atoms with Gasteiger partial charge in [0.25, 0.3) is 0 Å². The Morgan fingerprint density at radius 1 is 1.17 bits per heavy atom. The monoisotopic (exact) mass is 501 g/mol. The number of amides is 3. The van der Waals surface area contributed by atoms with Crippen molar-refractivity contribution in [2.75, 3.05) is 33.8 Å². The molecule has 1 saturated heterocycles. The van der Waals surface area contributed by atoms with Gasteiger partial charge in [0.2, 0.25) is 18.2 Å². The van der Waals surface area contributed by atoms with Crippen LogP contribution in [0, 0.1) is 17.3 Å². The van der Waals surface area contributed by atoms with Crippen LogP contribution < -0.4 is 10.1 Å². The first-order chi connectivity index (χ1) is 17.0. The van der Waals surface area contributed by atoms with Crippen molar-refractivity contribution in [2.24, 2.45) is 17.3 Å². The number of methoxy groups -OCH3 is 1. The highest BCUT2D eigenvalue weighted by Crippen LogP contribution is 2.27. The summed E-state index contributed by atoms with van der Waals surface area (Å²) in [6.07, 6.45) is 4.37. The molecule has 8 heteroatoms. The summed E-state index contributed by atoms with van der Waals surface area (Å²) in [7, 11) is 3.24. The van der Waals surface area contributed by atoms with E-state index in [-0.39, 0.29) is 29.4 Å². The number of ether oxygens (including phenoxy) is 1. The number of ketones is 1. The first-order valence-corrected chi connectivity index (χ1v) is 12.9. The second-order valence-electron chi connectivity index (χ2n) is 10.9. The van der Waals surface area contributed by atoms with E-state index in [4.69, 9.17) is 4.74 Å². The molecule has 0 saturated carbocycles. The molecular weight excluding hydrogens is 458 g/mol. The molecule has 0 radical (unpaired) electrons. The predicted molar refractivity (Wildman–Crippen MR) is 140 cm³/mol. The van der Waals surface area contributed by atoms with Crippen LogP contribution in [0.1, 0.15) is 70.2 Å². The van der Waals surface area contributed by atoms with Gasteiger partial charge < -0.3 is 19.9 Å². The number of unbranched alkanes of at least 4 members (excludes halogenated alkanes) is 1. The Bertz CT molecular complexity index is 885. The zero-order valence-corrected chi connectivity index (χ0v) is 22.7. The van der Waals surface area contributed by atoms with E-state index in [1.807, 2.05) is 20.8 Å². The van der Waals surface area contributed by atoms with Crippen LogP contribution in [-0.4, -0.2) is 73.6 Å². The third-order valence-electron chi connectivity index (χ3n) is 6.92. The number of nitrogens with one attached hydrogen (secondary N) is 1. The third kappa shape index (κ3) is 8.07. The summed E-state index contributed by atoms with van der Waals surface area (Å²) in [4.78, 5) is 54.1. The Labute approximate surface area is 215 Å². The molecule has 0 aliphatic carbocycles. The van der Waals surface area contributed by atoms with Crippen LogP contribution in [0.2, 0.25) is 0 Å². The molecular formula is C28H43N3O5. The third-order valence-corrected chi connectivity index (χ3v) is 6.92. The molecule has 0 aromatic heterocycles. The van der Waals surface area contributed by atoms with E-state index in [2.05, 4.69) is 12.2 Å². The molecule has 0 unspecified atom stereocenters. The summed E-state index contributed by atoms with van der Waals surface area (Å²) in [5.41, 5.74) is 0.160. The number of hydrogen-bond donors (Lipinski definition) is 1. The molecule has 0 bridgehead atoms. The van der Waals surface area contributed by atoms with E-state index in [0.29, 0.717) is 50.2 Å². The van der Waals surface area contributed by atoms with Crippen molar-refractivity contribution in [3.05, 3.63) is 29.8 Å². The smallest absolute Gasteiger partial charge is 0.245 e. The van der Waals surface area contributed by atoms with E-state index in [0.717, 1.165) is 19.3 Å². The number of Topliss-reactive ketones (excluding diaryl/α,β-unsaturated/α-hetero) is 1. The molecule has 8 nitrogen and oxygen atoms in total. The van der Waals surface area contributed by atoms with Crippen LogP contribution in [0.3, 0.4) is 0 Å². The number of piperidine rings is 1. The lowest BCUT2D eigenvalue weighted by Gasteiger charge is -2.38. The summed E-state index contributed by atoms with van der Waals surface area (Å²) in [6.45, 7) is 9.14. The lowest BCUT2D eigenvalue weighted by molar-refractivity contribution is -0.141. The topological polar surface area (TPSA) is 96.0 Å². The summed E-state index contributed by atoms with van der Waals surface area (Å²) in [6, 6.07) is 6.43. The van der Waals surface area contributed by atoms with Gasteiger partial charge in [-0.15, -0.1) is 0 Å². The molecule has 1 aromatic carbocycles. The van der Waals surface area contributed by atoms with E-state index in [1.165, 1.54) is 4.90 Å². The van der Waals surface area contributed by atoms with Gasteiger partial charge >= 0.3 is 0 Å². The molecule has 1 fully saturated rings. The van der Waals surface area contributed by atoms with Crippen LogP contribution in [0.25, 0.3) is 0 Å². The molecule has 1 N–H and O–H groups in total. The number of rotatable bonds is 12. The summed E-state index contributed by atoms with van der Waals surface area (Å²) in [5, 5.41) is 3.01. The van der Waals surface area contributed by atoms with Gasteiger partial charge in [-0.25, -0.2) is 0 Å². The van der Waals surface area contributed by atoms with Crippen molar-refractivity contribution in [2.45, 2.75) is 65.8 Å². The van der Waals surface area contributed by atoms with Gasteiger partial charge in [-0.1, -0.05) is 40.5 Å². The van der Waals surface area contributed by atoms with Crippen molar-refractivity contribution >= 4 is 24.0 Å². The average molecular weight is 502 g/mol. The molecule has 36 heavy (non-hydrogen) atoms. The van der Waals surface area contributed by atoms with Gasteiger partial charge in [0.1, 0.15) is 11.8 Å². The predicted octanol–water partition coefficient (Wildman–Crippen LogP) is 3.54. The molecule has 1 heterocycles. The maximum Gasteiger partial charge on any atom is 0.245 e. The Kier molecular flexibility index (Phi) is 10.9. The zero-order valence-electron chi connectivity index (χ0n) is 22.7. The summed E-state index contributed by atoms with van der Waals surface area (Å²) >= 11 is 0. The number of likely N-dealkylation sites (tertiary alicyclic amines) is 1. The second kappa shape index (κ2) is 13.4. The van der Waals surface area contributed by atoms with E-state index in [1.54, 1.807) is 43.3 Å². The maximum atomic E-state index is 13.6. The fraction of sp³-hybridized carbons (Fsp3) is 0.643. The first-order valence-electron chi connectivity index (χ1n) is 12.9. The van der Waals surface area contributed by atoms with E-state index in [9.17, 15) is 19.2 Å². The Morgan fingerprint density at radius 2 is 1.78 bits per heavy atom. The Balaban J connectivity index is 2.05. The molecule has 3 amide bonds. The number of hydrogen-bond acceptors (Lipinski definition) is 5. The standard InChI is InChI=1S/C28H43N3O5/c1-7-8-9-22(18-30(5)19-32)26(34)29-25(28(2,3)4)27(35)31-16-14-21(15-17-31)24(33)20-10-12-23(36-6)13-11-20/h10-13,19,21-22,25H,7-9,14-18H2,1-6H3,(H,29,34)/t22-,25-/m1/s1. The number of nitrogens with zero attached hydrogens (tertiary/aromatic N) is 2. The lowest BCUT2D eigenvalue weighted by atomic mass is 9.83. The SMILES string of the molecule is CCCC[C@H](CN(C)C=O)C(=O)N[C@H](C(=O)N1CCC(C(=O)c2ccc(OC)cc2)CC1)C(C)(C)C.